The molecule has 1 heterocycles. The number of halogens is 1. The van der Waals surface area contributed by atoms with Gasteiger partial charge in [0.05, 0.1) is 7.11 Å². The number of hydrogen-bond donors (Lipinski definition) is 1. The second-order valence-electron chi connectivity index (χ2n) is 5.26. The Balaban J connectivity index is 1.78. The molecule has 3 rings (SSSR count). The Morgan fingerprint density at radius 3 is 2.76 bits per heavy atom. The molecule has 0 aromatic heterocycles. The highest BCUT2D eigenvalue weighted by molar-refractivity contribution is 9.10. The lowest BCUT2D eigenvalue weighted by Gasteiger charge is -2.13. The van der Waals surface area contributed by atoms with Gasteiger partial charge in [0.1, 0.15) is 17.6 Å². The molecule has 2 aromatic carbocycles. The lowest BCUT2D eigenvalue weighted by Crippen LogP contribution is -2.05. The van der Waals surface area contributed by atoms with Gasteiger partial charge in [-0.3, -0.25) is 0 Å². The van der Waals surface area contributed by atoms with Gasteiger partial charge in [0.15, 0.2) is 0 Å². The average molecular weight is 348 g/mol. The minimum atomic E-state index is 0.249. The van der Waals surface area contributed by atoms with E-state index in [1.807, 2.05) is 24.3 Å². The van der Waals surface area contributed by atoms with E-state index in [1.54, 1.807) is 7.11 Å². The van der Waals surface area contributed by atoms with Crippen LogP contribution in [0.5, 0.6) is 11.5 Å². The molecule has 0 amide bonds. The summed E-state index contributed by atoms with van der Waals surface area (Å²) >= 11 is 3.44. The van der Waals surface area contributed by atoms with Crippen LogP contribution >= 0.6 is 15.9 Å². The van der Waals surface area contributed by atoms with Gasteiger partial charge in [-0.1, -0.05) is 15.9 Å². The van der Waals surface area contributed by atoms with Crippen molar-refractivity contribution in [1.29, 1.82) is 0 Å². The number of ether oxygens (including phenoxy) is 2. The van der Waals surface area contributed by atoms with Crippen molar-refractivity contribution < 1.29 is 9.47 Å². The minimum absolute atomic E-state index is 0.249. The zero-order chi connectivity index (χ0) is 14.8. The number of fused-ring (bicyclic) bond motifs is 1. The van der Waals surface area contributed by atoms with Gasteiger partial charge in [-0.15, -0.1) is 0 Å². The van der Waals surface area contributed by atoms with Crippen molar-refractivity contribution in [1.82, 2.24) is 0 Å². The first-order chi connectivity index (χ1) is 10.2. The molecule has 0 bridgehead atoms. The third kappa shape index (κ3) is 3.16. The topological polar surface area (TPSA) is 30.5 Å². The van der Waals surface area contributed by atoms with E-state index in [2.05, 4.69) is 40.3 Å². The van der Waals surface area contributed by atoms with Crippen LogP contribution in [-0.4, -0.2) is 13.2 Å². The summed E-state index contributed by atoms with van der Waals surface area (Å²) in [4.78, 5) is 0. The number of methoxy groups -OCH3 is 1. The van der Waals surface area contributed by atoms with Gasteiger partial charge in [-0.2, -0.15) is 0 Å². The van der Waals surface area contributed by atoms with Crippen LogP contribution in [0, 0.1) is 0 Å². The van der Waals surface area contributed by atoms with Gasteiger partial charge in [-0.05, 0) is 43.3 Å². The summed E-state index contributed by atoms with van der Waals surface area (Å²) in [6.07, 6.45) is 1.20. The molecule has 1 atom stereocenters. The molecule has 0 saturated carbocycles. The smallest absolute Gasteiger partial charge is 0.124 e. The number of nitrogens with one attached hydrogen (secondary N) is 1. The van der Waals surface area contributed by atoms with Gasteiger partial charge in [0.25, 0.3) is 0 Å². The largest absolute Gasteiger partial charge is 0.496 e. The second-order valence-corrected chi connectivity index (χ2v) is 6.18. The quantitative estimate of drug-likeness (QED) is 0.889. The molecule has 2 aromatic rings. The number of rotatable bonds is 4. The molecule has 0 spiro atoms. The van der Waals surface area contributed by atoms with E-state index in [1.165, 1.54) is 5.56 Å². The Bertz CT molecular complexity index is 640. The zero-order valence-electron chi connectivity index (χ0n) is 12.2. The van der Waals surface area contributed by atoms with E-state index in [4.69, 9.17) is 9.47 Å². The van der Waals surface area contributed by atoms with E-state index >= 15 is 0 Å². The van der Waals surface area contributed by atoms with Crippen molar-refractivity contribution in [2.75, 3.05) is 12.4 Å². The Morgan fingerprint density at radius 2 is 2.05 bits per heavy atom. The van der Waals surface area contributed by atoms with Crippen LogP contribution in [0.3, 0.4) is 0 Å². The van der Waals surface area contributed by atoms with Crippen LogP contribution in [-0.2, 0) is 13.0 Å². The van der Waals surface area contributed by atoms with Crippen LogP contribution in [0.2, 0.25) is 0 Å². The van der Waals surface area contributed by atoms with Gasteiger partial charge in [0, 0.05) is 34.3 Å². The number of benzene rings is 2. The molecule has 0 radical (unpaired) electrons. The first kappa shape index (κ1) is 14.3. The first-order valence-electron chi connectivity index (χ1n) is 7.01. The summed E-state index contributed by atoms with van der Waals surface area (Å²) in [5, 5.41) is 3.41. The van der Waals surface area contributed by atoms with Crippen LogP contribution in [0.4, 0.5) is 5.69 Å². The fourth-order valence-corrected chi connectivity index (χ4v) is 2.84. The van der Waals surface area contributed by atoms with Crippen molar-refractivity contribution in [3.63, 3.8) is 0 Å². The molecule has 0 aliphatic carbocycles. The number of anilines is 1. The lowest BCUT2D eigenvalue weighted by atomic mass is 10.1. The minimum Gasteiger partial charge on any atom is -0.496 e. The fraction of sp³-hybridized carbons (Fsp3) is 0.294. The van der Waals surface area contributed by atoms with Crippen LogP contribution in [0.1, 0.15) is 18.1 Å². The Hall–Kier alpha value is -1.68. The molecule has 1 aliphatic rings. The molecule has 4 heteroatoms. The summed E-state index contributed by atoms with van der Waals surface area (Å²) in [6.45, 7) is 2.79. The maximum atomic E-state index is 5.83. The number of hydrogen-bond acceptors (Lipinski definition) is 3. The first-order valence-corrected chi connectivity index (χ1v) is 7.81. The van der Waals surface area contributed by atoms with Crippen molar-refractivity contribution in [3.8, 4) is 11.5 Å². The molecule has 0 saturated heterocycles. The third-order valence-corrected chi connectivity index (χ3v) is 4.15. The fourth-order valence-electron chi connectivity index (χ4n) is 2.57. The van der Waals surface area contributed by atoms with Crippen molar-refractivity contribution in [2.45, 2.75) is 26.0 Å². The Kier molecular flexibility index (Phi) is 4.06. The highest BCUT2D eigenvalue weighted by Gasteiger charge is 2.21. The summed E-state index contributed by atoms with van der Waals surface area (Å²) in [7, 11) is 1.71. The molecule has 1 aliphatic heterocycles. The predicted octanol–water partition coefficient (Wildman–Crippen LogP) is 4.39. The van der Waals surface area contributed by atoms with Crippen LogP contribution < -0.4 is 14.8 Å². The SMILES string of the molecule is COc1cc2c(cc1CNc1ccc(Br)cc1)OC(C)C2. The van der Waals surface area contributed by atoms with E-state index in [-0.39, 0.29) is 6.10 Å². The van der Waals surface area contributed by atoms with Crippen LogP contribution in [0.15, 0.2) is 40.9 Å². The molecule has 1 unspecified atom stereocenters. The average Bonchev–Trinajstić information content (AvgIpc) is 2.84. The highest BCUT2D eigenvalue weighted by Crippen LogP contribution is 2.35. The zero-order valence-corrected chi connectivity index (χ0v) is 13.7. The normalized spacial score (nSPS) is 16.2. The van der Waals surface area contributed by atoms with Gasteiger partial charge in [-0.25, -0.2) is 0 Å². The van der Waals surface area contributed by atoms with Gasteiger partial charge < -0.3 is 14.8 Å². The highest BCUT2D eigenvalue weighted by atomic mass is 79.9. The van der Waals surface area contributed by atoms with Crippen molar-refractivity contribution in [2.24, 2.45) is 0 Å². The van der Waals surface area contributed by atoms with Crippen molar-refractivity contribution >= 4 is 21.6 Å². The van der Waals surface area contributed by atoms with E-state index in [9.17, 15) is 0 Å². The Morgan fingerprint density at radius 1 is 1.29 bits per heavy atom. The maximum Gasteiger partial charge on any atom is 0.124 e. The molecular weight excluding hydrogens is 330 g/mol. The van der Waals surface area contributed by atoms with Gasteiger partial charge >= 0.3 is 0 Å². The molecule has 110 valence electrons. The third-order valence-electron chi connectivity index (χ3n) is 3.63. The van der Waals surface area contributed by atoms with Crippen LogP contribution in [0.25, 0.3) is 0 Å². The summed E-state index contributed by atoms with van der Waals surface area (Å²) in [5.41, 5.74) is 3.41. The monoisotopic (exact) mass is 347 g/mol. The second kappa shape index (κ2) is 5.98. The van der Waals surface area contributed by atoms with E-state index in [0.717, 1.165) is 33.6 Å². The predicted molar refractivity (Wildman–Crippen MR) is 88.3 cm³/mol. The molecule has 0 fully saturated rings. The van der Waals surface area contributed by atoms with Crippen molar-refractivity contribution in [3.05, 3.63) is 52.0 Å². The van der Waals surface area contributed by atoms with E-state index < -0.39 is 0 Å². The maximum absolute atomic E-state index is 5.83. The lowest BCUT2D eigenvalue weighted by molar-refractivity contribution is 0.254. The summed E-state index contributed by atoms with van der Waals surface area (Å²) < 4.78 is 12.4. The molecular formula is C17H18BrNO2. The van der Waals surface area contributed by atoms with Gasteiger partial charge in [0.2, 0.25) is 0 Å². The summed E-state index contributed by atoms with van der Waals surface area (Å²) in [6, 6.07) is 12.3. The molecule has 1 N–H and O–H groups in total. The Labute approximate surface area is 133 Å². The molecule has 21 heavy (non-hydrogen) atoms. The standard InChI is InChI=1S/C17H18BrNO2/c1-11-7-12-8-16(20-2)13(9-17(12)21-11)10-19-15-5-3-14(18)4-6-15/h3-6,8-9,11,19H,7,10H2,1-2H3. The molecule has 3 nitrogen and oxygen atoms in total. The van der Waals surface area contributed by atoms with E-state index in [0.29, 0.717) is 6.54 Å². The summed E-state index contributed by atoms with van der Waals surface area (Å²) in [5.74, 6) is 1.90.